The number of benzene rings is 1. The molecule has 1 fully saturated rings. The van der Waals surface area contributed by atoms with Gasteiger partial charge < -0.3 is 10.1 Å². The Morgan fingerprint density at radius 2 is 2.18 bits per heavy atom. The van der Waals surface area contributed by atoms with E-state index >= 15 is 0 Å². The number of hydrogen-bond donors (Lipinski definition) is 1. The number of ether oxygens (including phenoxy) is 1. The minimum absolute atomic E-state index is 0.143. The molecule has 0 aromatic heterocycles. The number of carbonyl (C=O) groups excluding carboxylic acids is 1. The van der Waals surface area contributed by atoms with Crippen LogP contribution in [0.25, 0.3) is 0 Å². The minimum atomic E-state index is -0.143. The lowest BCUT2D eigenvalue weighted by atomic mass is 9.95. The zero-order valence-electron chi connectivity index (χ0n) is 9.87. The lowest BCUT2D eigenvalue weighted by molar-refractivity contribution is 0.00889. The molecule has 1 aliphatic carbocycles. The molecule has 3 heteroatoms. The highest BCUT2D eigenvalue weighted by Gasteiger charge is 2.24. The predicted octanol–water partition coefficient (Wildman–Crippen LogP) is 2.75. The van der Waals surface area contributed by atoms with Gasteiger partial charge in [-0.3, -0.25) is 0 Å². The number of anilines is 1. The Morgan fingerprint density at radius 3 is 2.94 bits per heavy atom. The molecule has 0 radical (unpaired) electrons. The smallest absolute Gasteiger partial charge is 0.338 e. The lowest BCUT2D eigenvalue weighted by Crippen LogP contribution is -2.26. The molecular weight excluding hydrogens is 214 g/mol. The summed E-state index contributed by atoms with van der Waals surface area (Å²) in [5, 5.41) is 3.33. The average Bonchev–Trinajstić information content (AvgIpc) is 2.33. The van der Waals surface area contributed by atoms with Crippen molar-refractivity contribution in [3.8, 4) is 0 Å². The van der Waals surface area contributed by atoms with E-state index in [1.807, 2.05) is 18.2 Å². The molecule has 0 spiro atoms. The highest BCUT2D eigenvalue weighted by molar-refractivity contribution is 5.93. The van der Waals surface area contributed by atoms with Crippen LogP contribution in [0.15, 0.2) is 18.2 Å². The molecule has 90 valence electrons. The number of esters is 1. The van der Waals surface area contributed by atoms with E-state index < -0.39 is 0 Å². The third-order valence-corrected chi connectivity index (χ3v) is 3.64. The number of carbonyl (C=O) groups is 1. The van der Waals surface area contributed by atoms with Gasteiger partial charge in [-0.05, 0) is 49.8 Å². The fourth-order valence-electron chi connectivity index (χ4n) is 2.40. The molecule has 1 aromatic rings. The van der Waals surface area contributed by atoms with Crippen molar-refractivity contribution < 1.29 is 9.53 Å². The van der Waals surface area contributed by atoms with Crippen molar-refractivity contribution in [2.24, 2.45) is 0 Å². The van der Waals surface area contributed by atoms with Crippen LogP contribution in [0.2, 0.25) is 0 Å². The average molecular weight is 231 g/mol. The summed E-state index contributed by atoms with van der Waals surface area (Å²) in [5.74, 6) is -0.143. The Kier molecular flexibility index (Phi) is 2.75. The second-order valence-corrected chi connectivity index (χ2v) is 4.82. The van der Waals surface area contributed by atoms with Crippen molar-refractivity contribution >= 4 is 11.7 Å². The van der Waals surface area contributed by atoms with Crippen LogP contribution in [0.4, 0.5) is 5.69 Å². The van der Waals surface area contributed by atoms with Crippen molar-refractivity contribution in [1.82, 2.24) is 0 Å². The van der Waals surface area contributed by atoms with Gasteiger partial charge in [-0.15, -0.1) is 0 Å². The maximum absolute atomic E-state index is 12.1. The fourth-order valence-corrected chi connectivity index (χ4v) is 2.40. The van der Waals surface area contributed by atoms with Crippen LogP contribution in [0, 0.1) is 0 Å². The van der Waals surface area contributed by atoms with Gasteiger partial charge in [-0.25, -0.2) is 4.79 Å². The molecule has 1 aromatic carbocycles. The first-order valence-corrected chi connectivity index (χ1v) is 6.41. The molecule has 3 rings (SSSR count). The van der Waals surface area contributed by atoms with Gasteiger partial charge in [-0.2, -0.15) is 0 Å². The molecule has 0 atom stereocenters. The van der Waals surface area contributed by atoms with E-state index in [1.54, 1.807) is 0 Å². The zero-order valence-corrected chi connectivity index (χ0v) is 9.87. The first-order valence-electron chi connectivity index (χ1n) is 6.41. The Bertz CT molecular complexity index is 438. The molecule has 17 heavy (non-hydrogen) atoms. The third kappa shape index (κ3) is 2.02. The zero-order chi connectivity index (χ0) is 11.7. The summed E-state index contributed by atoms with van der Waals surface area (Å²) < 4.78 is 5.47. The maximum Gasteiger partial charge on any atom is 0.338 e. The second-order valence-electron chi connectivity index (χ2n) is 4.82. The quantitative estimate of drug-likeness (QED) is 0.795. The van der Waals surface area contributed by atoms with Gasteiger partial charge in [0.05, 0.1) is 5.56 Å². The molecule has 1 N–H and O–H groups in total. The van der Waals surface area contributed by atoms with E-state index in [0.717, 1.165) is 49.0 Å². The highest BCUT2D eigenvalue weighted by atomic mass is 16.5. The van der Waals surface area contributed by atoms with Crippen molar-refractivity contribution in [2.45, 2.75) is 38.2 Å². The molecule has 0 bridgehead atoms. The van der Waals surface area contributed by atoms with Crippen molar-refractivity contribution in [1.29, 1.82) is 0 Å². The van der Waals surface area contributed by atoms with Crippen LogP contribution in [0.1, 0.15) is 41.6 Å². The van der Waals surface area contributed by atoms with Crippen molar-refractivity contribution in [3.05, 3.63) is 29.3 Å². The Balaban J connectivity index is 1.83. The molecule has 1 aliphatic heterocycles. The van der Waals surface area contributed by atoms with Crippen LogP contribution >= 0.6 is 0 Å². The van der Waals surface area contributed by atoms with Crippen LogP contribution in [-0.2, 0) is 11.2 Å². The van der Waals surface area contributed by atoms with E-state index in [-0.39, 0.29) is 12.1 Å². The molecular formula is C14H17NO2. The molecule has 3 nitrogen and oxygen atoms in total. The van der Waals surface area contributed by atoms with E-state index in [2.05, 4.69) is 5.32 Å². The van der Waals surface area contributed by atoms with Gasteiger partial charge in [0.25, 0.3) is 0 Å². The van der Waals surface area contributed by atoms with Gasteiger partial charge in [0.2, 0.25) is 0 Å². The van der Waals surface area contributed by atoms with Crippen molar-refractivity contribution in [2.75, 3.05) is 11.9 Å². The summed E-state index contributed by atoms with van der Waals surface area (Å²) in [5.41, 5.74) is 2.98. The van der Waals surface area contributed by atoms with Gasteiger partial charge in [-0.1, -0.05) is 6.07 Å². The summed E-state index contributed by atoms with van der Waals surface area (Å²) in [6.45, 7) is 0.994. The molecule has 1 heterocycles. The highest BCUT2D eigenvalue weighted by Crippen LogP contribution is 2.28. The number of hydrogen-bond acceptors (Lipinski definition) is 3. The van der Waals surface area contributed by atoms with E-state index in [9.17, 15) is 4.79 Å². The third-order valence-electron chi connectivity index (χ3n) is 3.64. The topological polar surface area (TPSA) is 38.3 Å². The number of nitrogens with one attached hydrogen (secondary N) is 1. The standard InChI is InChI=1S/C14H17NO2/c16-14(17-10-4-1-5-10)12-6-2-8-13-11(12)7-3-9-15-13/h2,6,8,10,15H,1,3-5,7,9H2. The maximum atomic E-state index is 12.1. The second kappa shape index (κ2) is 4.40. The van der Waals surface area contributed by atoms with Gasteiger partial charge in [0.15, 0.2) is 0 Å². The van der Waals surface area contributed by atoms with Crippen LogP contribution in [0.3, 0.4) is 0 Å². The summed E-state index contributed by atoms with van der Waals surface area (Å²) >= 11 is 0. The normalized spacial score (nSPS) is 18.8. The minimum Gasteiger partial charge on any atom is -0.459 e. The summed E-state index contributed by atoms with van der Waals surface area (Å²) in [4.78, 5) is 12.1. The first kappa shape index (κ1) is 10.6. The van der Waals surface area contributed by atoms with E-state index in [4.69, 9.17) is 4.74 Å². The monoisotopic (exact) mass is 231 g/mol. The number of rotatable bonds is 2. The van der Waals surface area contributed by atoms with Crippen LogP contribution in [0.5, 0.6) is 0 Å². The van der Waals surface area contributed by atoms with Gasteiger partial charge in [0, 0.05) is 12.2 Å². The lowest BCUT2D eigenvalue weighted by Gasteiger charge is -2.26. The Morgan fingerprint density at radius 1 is 1.29 bits per heavy atom. The van der Waals surface area contributed by atoms with Crippen LogP contribution < -0.4 is 5.32 Å². The van der Waals surface area contributed by atoms with E-state index in [0.29, 0.717) is 0 Å². The van der Waals surface area contributed by atoms with Crippen molar-refractivity contribution in [3.63, 3.8) is 0 Å². The first-order chi connectivity index (χ1) is 8.34. The molecule has 0 amide bonds. The summed E-state index contributed by atoms with van der Waals surface area (Å²) in [6, 6.07) is 5.84. The fraction of sp³-hybridized carbons (Fsp3) is 0.500. The van der Waals surface area contributed by atoms with Crippen LogP contribution in [-0.4, -0.2) is 18.6 Å². The Labute approximate surface area is 101 Å². The Hall–Kier alpha value is -1.51. The molecule has 1 saturated carbocycles. The largest absolute Gasteiger partial charge is 0.459 e. The van der Waals surface area contributed by atoms with Gasteiger partial charge in [0.1, 0.15) is 6.10 Å². The molecule has 2 aliphatic rings. The van der Waals surface area contributed by atoms with Gasteiger partial charge >= 0.3 is 5.97 Å². The summed E-state index contributed by atoms with van der Waals surface area (Å²) in [6.07, 6.45) is 5.46. The molecule has 0 saturated heterocycles. The van der Waals surface area contributed by atoms with E-state index in [1.165, 1.54) is 6.42 Å². The number of fused-ring (bicyclic) bond motifs is 1. The molecule has 0 unspecified atom stereocenters. The summed E-state index contributed by atoms with van der Waals surface area (Å²) in [7, 11) is 0. The SMILES string of the molecule is O=C(OC1CCC1)c1cccc2c1CCCN2. The predicted molar refractivity (Wildman–Crippen MR) is 66.3 cm³/mol.